The van der Waals surface area contributed by atoms with Crippen LogP contribution < -0.4 is 0 Å². The van der Waals surface area contributed by atoms with Crippen LogP contribution in [0.4, 0.5) is 0 Å². The van der Waals surface area contributed by atoms with Crippen molar-refractivity contribution in [2.45, 2.75) is 45.1 Å². The van der Waals surface area contributed by atoms with Gasteiger partial charge in [0, 0.05) is 31.1 Å². The molecule has 1 amide bonds. The number of amides is 1. The Kier molecular flexibility index (Phi) is 4.34. The van der Waals surface area contributed by atoms with Crippen molar-refractivity contribution in [2.24, 2.45) is 5.92 Å². The van der Waals surface area contributed by atoms with Gasteiger partial charge in [-0.1, -0.05) is 6.07 Å². The summed E-state index contributed by atoms with van der Waals surface area (Å²) in [6.45, 7) is 2.59. The van der Waals surface area contributed by atoms with Crippen molar-refractivity contribution in [2.75, 3.05) is 6.54 Å². The fourth-order valence-electron chi connectivity index (χ4n) is 3.23. The van der Waals surface area contributed by atoms with Gasteiger partial charge in [0.15, 0.2) is 0 Å². The standard InChI is InChI=1S/C19H23N3O2/c23-19(10-15-6-7-15)22-11-17-5-3-9-21(17)12-18(13-22)24-14-16-4-1-2-8-20-16/h1-5,8-9,15,18H,6-7,10-14H2/t18-/m0/s1. The van der Waals surface area contributed by atoms with E-state index in [1.54, 1.807) is 6.20 Å². The van der Waals surface area contributed by atoms with Crippen molar-refractivity contribution in [3.63, 3.8) is 0 Å². The number of aromatic nitrogens is 2. The minimum Gasteiger partial charge on any atom is -0.368 e. The molecule has 2 aromatic heterocycles. The van der Waals surface area contributed by atoms with E-state index in [0.29, 0.717) is 32.0 Å². The Labute approximate surface area is 142 Å². The predicted molar refractivity (Wildman–Crippen MR) is 90.0 cm³/mol. The Hall–Kier alpha value is -2.14. The van der Waals surface area contributed by atoms with Crippen molar-refractivity contribution in [1.29, 1.82) is 0 Å². The van der Waals surface area contributed by atoms with Gasteiger partial charge in [-0.2, -0.15) is 0 Å². The van der Waals surface area contributed by atoms with Crippen LogP contribution in [-0.2, 0) is 29.2 Å². The highest BCUT2D eigenvalue weighted by Gasteiger charge is 2.30. The molecular formula is C19H23N3O2. The second-order valence-corrected chi connectivity index (χ2v) is 6.83. The quantitative estimate of drug-likeness (QED) is 0.849. The van der Waals surface area contributed by atoms with Crippen LogP contribution in [0.15, 0.2) is 42.7 Å². The molecule has 1 fully saturated rings. The number of hydrogen-bond acceptors (Lipinski definition) is 3. The van der Waals surface area contributed by atoms with E-state index in [2.05, 4.69) is 21.8 Å². The third-order valence-electron chi connectivity index (χ3n) is 4.81. The van der Waals surface area contributed by atoms with E-state index in [1.165, 1.54) is 18.5 Å². The minimum atomic E-state index is -0.0104. The van der Waals surface area contributed by atoms with Crippen LogP contribution in [0.2, 0.25) is 0 Å². The highest BCUT2D eigenvalue weighted by atomic mass is 16.5. The van der Waals surface area contributed by atoms with Gasteiger partial charge in [0.25, 0.3) is 0 Å². The van der Waals surface area contributed by atoms with Gasteiger partial charge >= 0.3 is 0 Å². The molecule has 0 saturated heterocycles. The Balaban J connectivity index is 1.45. The van der Waals surface area contributed by atoms with E-state index in [1.807, 2.05) is 29.2 Å². The van der Waals surface area contributed by atoms with Crippen LogP contribution in [0.25, 0.3) is 0 Å². The molecule has 24 heavy (non-hydrogen) atoms. The minimum absolute atomic E-state index is 0.0104. The Bertz CT molecular complexity index is 694. The first kappa shape index (κ1) is 15.4. The van der Waals surface area contributed by atoms with E-state index in [0.717, 1.165) is 12.2 Å². The van der Waals surface area contributed by atoms with Crippen molar-refractivity contribution in [3.05, 3.63) is 54.1 Å². The Morgan fingerprint density at radius 1 is 1.21 bits per heavy atom. The van der Waals surface area contributed by atoms with Gasteiger partial charge in [0.1, 0.15) is 0 Å². The first-order valence-corrected chi connectivity index (χ1v) is 8.71. The van der Waals surface area contributed by atoms with E-state index in [4.69, 9.17) is 4.74 Å². The molecule has 3 heterocycles. The van der Waals surface area contributed by atoms with Gasteiger partial charge in [-0.15, -0.1) is 0 Å². The van der Waals surface area contributed by atoms with Crippen molar-refractivity contribution >= 4 is 5.91 Å². The van der Waals surface area contributed by atoms with Crippen LogP contribution in [-0.4, -0.2) is 33.0 Å². The summed E-state index contributed by atoms with van der Waals surface area (Å²) in [7, 11) is 0. The smallest absolute Gasteiger partial charge is 0.223 e. The summed E-state index contributed by atoms with van der Waals surface area (Å²) in [4.78, 5) is 18.9. The molecule has 0 unspecified atom stereocenters. The average molecular weight is 325 g/mol. The lowest BCUT2D eigenvalue weighted by atomic mass is 10.2. The predicted octanol–water partition coefficient (Wildman–Crippen LogP) is 2.61. The van der Waals surface area contributed by atoms with Crippen LogP contribution >= 0.6 is 0 Å². The SMILES string of the molecule is O=C(CC1CC1)N1Cc2cccn2C[C@H](OCc2ccccn2)C1. The number of carbonyl (C=O) groups is 1. The monoisotopic (exact) mass is 325 g/mol. The van der Waals surface area contributed by atoms with Crippen LogP contribution in [0, 0.1) is 5.92 Å². The van der Waals surface area contributed by atoms with Crippen molar-refractivity contribution in [1.82, 2.24) is 14.5 Å². The summed E-state index contributed by atoms with van der Waals surface area (Å²) in [6, 6.07) is 9.97. The molecule has 126 valence electrons. The second kappa shape index (κ2) is 6.77. The molecule has 1 saturated carbocycles. The second-order valence-electron chi connectivity index (χ2n) is 6.83. The lowest BCUT2D eigenvalue weighted by molar-refractivity contribution is -0.134. The zero-order valence-corrected chi connectivity index (χ0v) is 13.8. The maximum absolute atomic E-state index is 12.6. The zero-order chi connectivity index (χ0) is 16.4. The fourth-order valence-corrected chi connectivity index (χ4v) is 3.23. The molecule has 1 aliphatic heterocycles. The summed E-state index contributed by atoms with van der Waals surface area (Å²) in [5, 5.41) is 0. The van der Waals surface area contributed by atoms with E-state index in [9.17, 15) is 4.79 Å². The first-order chi connectivity index (χ1) is 11.8. The normalized spacial score (nSPS) is 20.5. The molecule has 2 aromatic rings. The molecule has 4 rings (SSSR count). The van der Waals surface area contributed by atoms with Gasteiger partial charge < -0.3 is 14.2 Å². The maximum atomic E-state index is 12.6. The molecule has 0 aromatic carbocycles. The zero-order valence-electron chi connectivity index (χ0n) is 13.8. The summed E-state index contributed by atoms with van der Waals surface area (Å²) in [6.07, 6.45) is 6.94. The maximum Gasteiger partial charge on any atom is 0.223 e. The Morgan fingerprint density at radius 2 is 2.12 bits per heavy atom. The lowest BCUT2D eigenvalue weighted by Gasteiger charge is -2.24. The first-order valence-electron chi connectivity index (χ1n) is 8.71. The molecule has 5 nitrogen and oxygen atoms in total. The summed E-state index contributed by atoms with van der Waals surface area (Å²) in [5.74, 6) is 0.874. The van der Waals surface area contributed by atoms with Gasteiger partial charge in [-0.05, 0) is 43.0 Å². The van der Waals surface area contributed by atoms with Crippen molar-refractivity contribution in [3.8, 4) is 0 Å². The number of rotatable bonds is 5. The largest absolute Gasteiger partial charge is 0.368 e. The molecule has 2 aliphatic rings. The van der Waals surface area contributed by atoms with Crippen LogP contribution in [0.3, 0.4) is 0 Å². The summed E-state index contributed by atoms with van der Waals surface area (Å²) >= 11 is 0. The molecule has 0 spiro atoms. The number of nitrogens with zero attached hydrogens (tertiary/aromatic N) is 3. The fraction of sp³-hybridized carbons (Fsp3) is 0.474. The topological polar surface area (TPSA) is 47.4 Å². The van der Waals surface area contributed by atoms with E-state index < -0.39 is 0 Å². The van der Waals surface area contributed by atoms with Crippen LogP contribution in [0.5, 0.6) is 0 Å². The summed E-state index contributed by atoms with van der Waals surface area (Å²) < 4.78 is 8.30. The molecular weight excluding hydrogens is 302 g/mol. The number of carbonyl (C=O) groups excluding carboxylic acids is 1. The van der Waals surface area contributed by atoms with E-state index >= 15 is 0 Å². The van der Waals surface area contributed by atoms with Gasteiger partial charge in [0.05, 0.1) is 31.5 Å². The molecule has 1 atom stereocenters. The number of ether oxygens (including phenoxy) is 1. The number of pyridine rings is 1. The molecule has 1 aliphatic carbocycles. The molecule has 0 bridgehead atoms. The van der Waals surface area contributed by atoms with Crippen LogP contribution in [0.1, 0.15) is 30.7 Å². The van der Waals surface area contributed by atoms with Gasteiger partial charge in [-0.3, -0.25) is 9.78 Å². The number of hydrogen-bond donors (Lipinski definition) is 0. The van der Waals surface area contributed by atoms with Crippen molar-refractivity contribution < 1.29 is 9.53 Å². The third kappa shape index (κ3) is 3.67. The Morgan fingerprint density at radius 3 is 2.92 bits per heavy atom. The van der Waals surface area contributed by atoms with Gasteiger partial charge in [-0.25, -0.2) is 0 Å². The molecule has 0 radical (unpaired) electrons. The molecule has 5 heteroatoms. The summed E-state index contributed by atoms with van der Waals surface area (Å²) in [5.41, 5.74) is 2.11. The third-order valence-corrected chi connectivity index (χ3v) is 4.81. The van der Waals surface area contributed by atoms with E-state index in [-0.39, 0.29) is 12.0 Å². The molecule has 0 N–H and O–H groups in total. The average Bonchev–Trinajstić information content (AvgIpc) is 3.35. The van der Waals surface area contributed by atoms with Gasteiger partial charge in [0.2, 0.25) is 5.91 Å². The highest BCUT2D eigenvalue weighted by molar-refractivity contribution is 5.76. The lowest BCUT2D eigenvalue weighted by Crippen LogP contribution is -2.37. The highest BCUT2D eigenvalue weighted by Crippen LogP contribution is 2.33. The number of fused-ring (bicyclic) bond motifs is 1.